The first-order chi connectivity index (χ1) is 8.24. The van der Waals surface area contributed by atoms with Crippen molar-refractivity contribution in [3.63, 3.8) is 0 Å². The minimum atomic E-state index is -4.87. The predicted octanol–water partition coefficient (Wildman–Crippen LogP) is 0.554. The molecule has 0 heterocycles. The van der Waals surface area contributed by atoms with E-state index in [1.54, 1.807) is 0 Å². The number of hydrogen-bond acceptors (Lipinski definition) is 5. The number of hydrogen-bond donors (Lipinski definition) is 4. The summed E-state index contributed by atoms with van der Waals surface area (Å²) in [6.45, 7) is -0.759. The third-order valence-electron chi connectivity index (χ3n) is 2.16. The summed E-state index contributed by atoms with van der Waals surface area (Å²) in [5.74, 6) is -0.573. The molecule has 5 N–H and O–H groups in total. The van der Waals surface area contributed by atoms with E-state index < -0.39 is 30.9 Å². The Balaban J connectivity index is 3.01. The van der Waals surface area contributed by atoms with Crippen molar-refractivity contribution in [2.75, 3.05) is 12.3 Å². The number of anilines is 1. The predicted molar refractivity (Wildman–Crippen MR) is 55.6 cm³/mol. The summed E-state index contributed by atoms with van der Waals surface area (Å²) in [6, 6.07) is 2.93. The van der Waals surface area contributed by atoms with Crippen LogP contribution in [0.15, 0.2) is 18.2 Å². The van der Waals surface area contributed by atoms with E-state index in [4.69, 9.17) is 10.8 Å². The number of halogens is 3. The van der Waals surface area contributed by atoms with Gasteiger partial charge in [0, 0.05) is 11.3 Å². The topological polar surface area (TPSA) is 95.9 Å². The first-order valence-electron chi connectivity index (χ1n) is 4.86. The van der Waals surface area contributed by atoms with Gasteiger partial charge in [0.2, 0.25) is 0 Å². The fraction of sp³-hybridized carbons (Fsp3) is 0.400. The molecule has 0 spiro atoms. The Bertz CT molecular complexity index is 411. The van der Waals surface area contributed by atoms with Gasteiger partial charge in [0.15, 0.2) is 0 Å². The molecule has 1 aromatic rings. The molecular weight excluding hydrogens is 255 g/mol. The molecule has 0 aromatic heterocycles. The Labute approximate surface area is 100 Å². The van der Waals surface area contributed by atoms with Crippen molar-refractivity contribution < 1.29 is 33.2 Å². The quantitative estimate of drug-likeness (QED) is 0.598. The molecule has 0 aliphatic heterocycles. The minimum Gasteiger partial charge on any atom is -0.406 e. The zero-order valence-corrected chi connectivity index (χ0v) is 9.05. The van der Waals surface area contributed by atoms with Crippen molar-refractivity contribution in [1.29, 1.82) is 0 Å². The summed E-state index contributed by atoms with van der Waals surface area (Å²) in [6.07, 6.45) is -8.02. The van der Waals surface area contributed by atoms with Gasteiger partial charge in [0.05, 0.1) is 6.61 Å². The lowest BCUT2D eigenvalue weighted by Crippen LogP contribution is -2.23. The number of alkyl halides is 3. The second-order valence-corrected chi connectivity index (χ2v) is 3.53. The Morgan fingerprint density at radius 2 is 1.89 bits per heavy atom. The molecule has 18 heavy (non-hydrogen) atoms. The van der Waals surface area contributed by atoms with E-state index in [1.807, 2.05) is 0 Å². The molecule has 5 nitrogen and oxygen atoms in total. The third kappa shape index (κ3) is 3.76. The molecule has 0 aliphatic rings. The lowest BCUT2D eigenvalue weighted by atomic mass is 10.0. The first-order valence-corrected chi connectivity index (χ1v) is 4.86. The van der Waals surface area contributed by atoms with Crippen molar-refractivity contribution in [3.05, 3.63) is 23.8 Å². The van der Waals surface area contributed by atoms with Crippen molar-refractivity contribution in [2.45, 2.75) is 18.6 Å². The van der Waals surface area contributed by atoms with Gasteiger partial charge in [-0.1, -0.05) is 0 Å². The molecule has 0 amide bonds. The summed E-state index contributed by atoms with van der Waals surface area (Å²) >= 11 is 0. The van der Waals surface area contributed by atoms with Crippen molar-refractivity contribution >= 4 is 5.69 Å². The standard InChI is InChI=1S/C10H12F3NO4/c11-10(12,13)18-5-1-2-7(14)6(3-5)9(17)8(16)4-15/h1-3,8-9,15-17H,4,14H2. The summed E-state index contributed by atoms with van der Waals surface area (Å²) in [4.78, 5) is 0. The van der Waals surface area contributed by atoms with Gasteiger partial charge in [-0.3, -0.25) is 0 Å². The van der Waals surface area contributed by atoms with Gasteiger partial charge in [-0.2, -0.15) is 0 Å². The SMILES string of the molecule is Nc1ccc(OC(F)(F)F)cc1C(O)C(O)CO. The Kier molecular flexibility index (Phi) is 4.38. The highest BCUT2D eigenvalue weighted by Gasteiger charge is 2.31. The van der Waals surface area contributed by atoms with Crippen LogP contribution in [0.4, 0.5) is 18.9 Å². The number of rotatable bonds is 4. The van der Waals surface area contributed by atoms with E-state index in [1.165, 1.54) is 0 Å². The highest BCUT2D eigenvalue weighted by Crippen LogP contribution is 2.30. The second-order valence-electron chi connectivity index (χ2n) is 3.53. The highest BCUT2D eigenvalue weighted by atomic mass is 19.4. The fourth-order valence-corrected chi connectivity index (χ4v) is 1.31. The molecule has 1 aromatic carbocycles. The third-order valence-corrected chi connectivity index (χ3v) is 2.16. The lowest BCUT2D eigenvalue weighted by Gasteiger charge is -2.19. The number of benzene rings is 1. The zero-order valence-electron chi connectivity index (χ0n) is 9.05. The van der Waals surface area contributed by atoms with Crippen LogP contribution >= 0.6 is 0 Å². The molecule has 1 rings (SSSR count). The molecule has 0 saturated carbocycles. The molecule has 0 saturated heterocycles. The number of ether oxygens (including phenoxy) is 1. The van der Waals surface area contributed by atoms with Crippen LogP contribution in [0.25, 0.3) is 0 Å². The van der Waals surface area contributed by atoms with E-state index in [0.29, 0.717) is 0 Å². The molecule has 102 valence electrons. The molecule has 2 atom stereocenters. The lowest BCUT2D eigenvalue weighted by molar-refractivity contribution is -0.274. The van der Waals surface area contributed by atoms with E-state index in [-0.39, 0.29) is 11.3 Å². The van der Waals surface area contributed by atoms with Gasteiger partial charge in [0.1, 0.15) is 18.0 Å². The normalized spacial score (nSPS) is 15.2. The molecule has 2 unspecified atom stereocenters. The summed E-state index contributed by atoms with van der Waals surface area (Å²) in [5, 5.41) is 27.4. The maximum absolute atomic E-state index is 12.0. The van der Waals surface area contributed by atoms with Crippen molar-refractivity contribution in [1.82, 2.24) is 0 Å². The highest BCUT2D eigenvalue weighted by molar-refractivity contribution is 5.52. The number of nitrogens with two attached hydrogens (primary N) is 1. The van der Waals surface area contributed by atoms with E-state index in [2.05, 4.69) is 4.74 Å². The average Bonchev–Trinajstić information content (AvgIpc) is 2.28. The van der Waals surface area contributed by atoms with Crippen LogP contribution in [-0.2, 0) is 0 Å². The van der Waals surface area contributed by atoms with Crippen LogP contribution in [0.2, 0.25) is 0 Å². The molecule has 0 fully saturated rings. The van der Waals surface area contributed by atoms with Gasteiger partial charge in [-0.15, -0.1) is 13.2 Å². The van der Waals surface area contributed by atoms with Crippen LogP contribution < -0.4 is 10.5 Å². The Hall–Kier alpha value is -1.51. The van der Waals surface area contributed by atoms with E-state index >= 15 is 0 Å². The summed E-state index contributed by atoms with van der Waals surface area (Å²) in [7, 11) is 0. The fourth-order valence-electron chi connectivity index (χ4n) is 1.31. The Morgan fingerprint density at radius 3 is 2.39 bits per heavy atom. The van der Waals surface area contributed by atoms with Crippen molar-refractivity contribution in [3.8, 4) is 5.75 Å². The number of aliphatic hydroxyl groups is 3. The summed E-state index contributed by atoms with van der Waals surface area (Å²) in [5.41, 5.74) is 5.28. The summed E-state index contributed by atoms with van der Waals surface area (Å²) < 4.78 is 39.6. The average molecular weight is 267 g/mol. The van der Waals surface area contributed by atoms with Crippen LogP contribution in [0, 0.1) is 0 Å². The van der Waals surface area contributed by atoms with Gasteiger partial charge < -0.3 is 25.8 Å². The Morgan fingerprint density at radius 1 is 1.28 bits per heavy atom. The van der Waals surface area contributed by atoms with Crippen LogP contribution in [0.1, 0.15) is 11.7 Å². The van der Waals surface area contributed by atoms with Gasteiger partial charge >= 0.3 is 6.36 Å². The van der Waals surface area contributed by atoms with E-state index in [0.717, 1.165) is 18.2 Å². The van der Waals surface area contributed by atoms with Crippen LogP contribution in [-0.4, -0.2) is 34.4 Å². The monoisotopic (exact) mass is 267 g/mol. The van der Waals surface area contributed by atoms with Crippen LogP contribution in [0.3, 0.4) is 0 Å². The van der Waals surface area contributed by atoms with Gasteiger partial charge in [-0.25, -0.2) is 0 Å². The number of aliphatic hydroxyl groups excluding tert-OH is 3. The maximum atomic E-state index is 12.0. The molecular formula is C10H12F3NO4. The minimum absolute atomic E-state index is 0.0236. The first kappa shape index (κ1) is 14.6. The smallest absolute Gasteiger partial charge is 0.406 e. The molecule has 0 bridgehead atoms. The maximum Gasteiger partial charge on any atom is 0.573 e. The molecule has 0 radical (unpaired) electrons. The second kappa shape index (κ2) is 5.42. The zero-order chi connectivity index (χ0) is 13.9. The largest absolute Gasteiger partial charge is 0.573 e. The van der Waals surface area contributed by atoms with Crippen molar-refractivity contribution in [2.24, 2.45) is 0 Å². The molecule has 8 heteroatoms. The number of nitrogen functional groups attached to an aromatic ring is 1. The van der Waals surface area contributed by atoms with Gasteiger partial charge in [0.25, 0.3) is 0 Å². The van der Waals surface area contributed by atoms with E-state index in [9.17, 15) is 23.4 Å². The molecule has 0 aliphatic carbocycles. The van der Waals surface area contributed by atoms with Crippen LogP contribution in [0.5, 0.6) is 5.75 Å². The van der Waals surface area contributed by atoms with Gasteiger partial charge in [-0.05, 0) is 18.2 Å².